The largest absolute Gasteiger partial charge is 0.341 e. The molecule has 2 amide bonds. The SMILES string of the molecule is CC(NC(=O)c1cccc([N+](=O)[O-])c1)C(=O)N1CCC(N)C(C)(C)C1.Cl. The molecule has 3 N–H and O–H groups in total. The zero-order chi connectivity index (χ0) is 18.8. The number of carbonyl (C=O) groups is 2. The van der Waals surface area contributed by atoms with Crippen LogP contribution in [0.4, 0.5) is 5.69 Å². The molecule has 8 nitrogen and oxygen atoms in total. The molecule has 0 aliphatic carbocycles. The summed E-state index contributed by atoms with van der Waals surface area (Å²) in [6.07, 6.45) is 0.713. The second kappa shape index (κ2) is 8.46. The first-order chi connectivity index (χ1) is 11.6. The third kappa shape index (κ3) is 4.92. The topological polar surface area (TPSA) is 119 Å². The average molecular weight is 385 g/mol. The number of nitrogens with one attached hydrogen (secondary N) is 1. The minimum absolute atomic E-state index is 0. The number of piperidine rings is 1. The van der Waals surface area contributed by atoms with Gasteiger partial charge in [0.05, 0.1) is 4.92 Å². The number of carbonyl (C=O) groups excluding carboxylic acids is 2. The van der Waals surface area contributed by atoms with Crippen LogP contribution in [-0.2, 0) is 4.79 Å². The van der Waals surface area contributed by atoms with Gasteiger partial charge in [-0.05, 0) is 24.8 Å². The van der Waals surface area contributed by atoms with E-state index >= 15 is 0 Å². The van der Waals surface area contributed by atoms with Crippen molar-refractivity contribution in [1.82, 2.24) is 10.2 Å². The van der Waals surface area contributed by atoms with E-state index < -0.39 is 16.9 Å². The number of non-ortho nitro benzene ring substituents is 1. The molecular formula is C17H25ClN4O4. The van der Waals surface area contributed by atoms with Crippen molar-refractivity contribution in [3.05, 3.63) is 39.9 Å². The number of rotatable bonds is 4. The lowest BCUT2D eigenvalue weighted by Crippen LogP contribution is -2.57. The van der Waals surface area contributed by atoms with Gasteiger partial charge in [0, 0.05) is 36.8 Å². The van der Waals surface area contributed by atoms with Crippen molar-refractivity contribution in [3.63, 3.8) is 0 Å². The van der Waals surface area contributed by atoms with Crippen LogP contribution in [0.3, 0.4) is 0 Å². The lowest BCUT2D eigenvalue weighted by Gasteiger charge is -2.43. The predicted octanol–water partition coefficient (Wildman–Crippen LogP) is 1.72. The molecule has 9 heteroatoms. The van der Waals surface area contributed by atoms with Crippen molar-refractivity contribution >= 4 is 29.9 Å². The molecule has 0 aromatic heterocycles. The molecular weight excluding hydrogens is 360 g/mol. The summed E-state index contributed by atoms with van der Waals surface area (Å²) in [5, 5.41) is 13.4. The molecule has 0 spiro atoms. The molecule has 144 valence electrons. The van der Waals surface area contributed by atoms with Crippen molar-refractivity contribution in [3.8, 4) is 0 Å². The number of hydrogen-bond acceptors (Lipinski definition) is 5. The Bertz CT molecular complexity index is 695. The van der Waals surface area contributed by atoms with Crippen LogP contribution in [0.25, 0.3) is 0 Å². The molecule has 26 heavy (non-hydrogen) atoms. The van der Waals surface area contributed by atoms with E-state index in [4.69, 9.17) is 5.73 Å². The summed E-state index contributed by atoms with van der Waals surface area (Å²) in [5.74, 6) is -0.698. The smallest absolute Gasteiger partial charge is 0.270 e. The van der Waals surface area contributed by atoms with Gasteiger partial charge in [0.15, 0.2) is 0 Å². The molecule has 1 saturated heterocycles. The molecule has 0 radical (unpaired) electrons. The van der Waals surface area contributed by atoms with Crippen LogP contribution < -0.4 is 11.1 Å². The number of halogens is 1. The summed E-state index contributed by atoms with van der Waals surface area (Å²) in [5.41, 5.74) is 5.88. The van der Waals surface area contributed by atoms with Crippen LogP contribution in [-0.4, -0.2) is 46.8 Å². The Morgan fingerprint density at radius 3 is 2.65 bits per heavy atom. The molecule has 2 unspecified atom stereocenters. The van der Waals surface area contributed by atoms with E-state index in [1.807, 2.05) is 13.8 Å². The van der Waals surface area contributed by atoms with Gasteiger partial charge in [-0.15, -0.1) is 12.4 Å². The number of hydrogen-bond donors (Lipinski definition) is 2. The minimum Gasteiger partial charge on any atom is -0.341 e. The van der Waals surface area contributed by atoms with Crippen LogP contribution in [0.2, 0.25) is 0 Å². The fourth-order valence-corrected chi connectivity index (χ4v) is 2.94. The molecule has 1 aliphatic heterocycles. The average Bonchev–Trinajstić information content (AvgIpc) is 2.56. The molecule has 2 atom stereocenters. The normalized spacial score (nSPS) is 19.8. The maximum atomic E-state index is 12.6. The van der Waals surface area contributed by atoms with E-state index in [2.05, 4.69) is 5.32 Å². The van der Waals surface area contributed by atoms with Gasteiger partial charge in [0.25, 0.3) is 11.6 Å². The highest BCUT2D eigenvalue weighted by atomic mass is 35.5. The second-order valence-corrected chi connectivity index (χ2v) is 7.15. The second-order valence-electron chi connectivity index (χ2n) is 7.15. The van der Waals surface area contributed by atoms with E-state index in [1.165, 1.54) is 24.3 Å². The molecule has 1 aromatic carbocycles. The summed E-state index contributed by atoms with van der Waals surface area (Å²) in [6.45, 7) is 6.73. The highest BCUT2D eigenvalue weighted by Crippen LogP contribution is 2.28. The highest BCUT2D eigenvalue weighted by molar-refractivity contribution is 5.97. The monoisotopic (exact) mass is 384 g/mol. The van der Waals surface area contributed by atoms with Gasteiger partial charge in [-0.3, -0.25) is 19.7 Å². The van der Waals surface area contributed by atoms with Gasteiger partial charge in [0.2, 0.25) is 5.91 Å². The molecule has 1 aromatic rings. The number of benzene rings is 1. The third-order valence-corrected chi connectivity index (χ3v) is 4.66. The molecule has 1 aliphatic rings. The van der Waals surface area contributed by atoms with Crippen LogP contribution in [0.5, 0.6) is 0 Å². The summed E-state index contributed by atoms with van der Waals surface area (Å²) >= 11 is 0. The van der Waals surface area contributed by atoms with E-state index in [0.717, 1.165) is 0 Å². The van der Waals surface area contributed by atoms with E-state index in [1.54, 1.807) is 11.8 Å². The predicted molar refractivity (Wildman–Crippen MR) is 100 cm³/mol. The molecule has 0 saturated carbocycles. The maximum Gasteiger partial charge on any atom is 0.270 e. The molecule has 0 bridgehead atoms. The maximum absolute atomic E-state index is 12.6. The van der Waals surface area contributed by atoms with E-state index in [9.17, 15) is 19.7 Å². The zero-order valence-corrected chi connectivity index (χ0v) is 15.9. The highest BCUT2D eigenvalue weighted by Gasteiger charge is 2.36. The summed E-state index contributed by atoms with van der Waals surface area (Å²) < 4.78 is 0. The summed E-state index contributed by atoms with van der Waals surface area (Å²) in [7, 11) is 0. The fraction of sp³-hybridized carbons (Fsp3) is 0.529. The van der Waals surface area contributed by atoms with Gasteiger partial charge in [-0.1, -0.05) is 19.9 Å². The molecule has 1 fully saturated rings. The van der Waals surface area contributed by atoms with Crippen molar-refractivity contribution in [2.45, 2.75) is 39.3 Å². The van der Waals surface area contributed by atoms with Crippen LogP contribution in [0.1, 0.15) is 37.6 Å². The van der Waals surface area contributed by atoms with E-state index in [-0.39, 0.29) is 41.0 Å². The van der Waals surface area contributed by atoms with Gasteiger partial charge >= 0.3 is 0 Å². The Hall–Kier alpha value is -2.19. The number of nitro groups is 1. The van der Waals surface area contributed by atoms with Crippen molar-refractivity contribution < 1.29 is 14.5 Å². The Balaban J connectivity index is 0.00000338. The summed E-state index contributed by atoms with van der Waals surface area (Å²) in [6, 6.07) is 4.72. The number of nitrogens with zero attached hydrogens (tertiary/aromatic N) is 2. The third-order valence-electron chi connectivity index (χ3n) is 4.66. The number of nitrogens with two attached hydrogens (primary N) is 1. The standard InChI is InChI=1S/C17H24N4O4.ClH/c1-11(16(23)20-8-7-14(18)17(2,3)10-20)19-15(22)12-5-4-6-13(9-12)21(24)25;/h4-6,9,11,14H,7-8,10,18H2,1-3H3,(H,19,22);1H. The lowest BCUT2D eigenvalue weighted by atomic mass is 9.79. The fourth-order valence-electron chi connectivity index (χ4n) is 2.94. The minimum atomic E-state index is -0.725. The Morgan fingerprint density at radius 1 is 1.42 bits per heavy atom. The quantitative estimate of drug-likeness (QED) is 0.605. The van der Waals surface area contributed by atoms with Crippen molar-refractivity contribution in [2.75, 3.05) is 13.1 Å². The number of nitro benzene ring substituents is 1. The number of likely N-dealkylation sites (tertiary alicyclic amines) is 1. The van der Waals surface area contributed by atoms with Gasteiger partial charge < -0.3 is 16.0 Å². The first-order valence-corrected chi connectivity index (χ1v) is 8.21. The molecule has 1 heterocycles. The number of amides is 2. The van der Waals surface area contributed by atoms with E-state index in [0.29, 0.717) is 19.5 Å². The first-order valence-electron chi connectivity index (χ1n) is 8.21. The first kappa shape index (κ1) is 21.9. The lowest BCUT2D eigenvalue weighted by molar-refractivity contribution is -0.384. The van der Waals surface area contributed by atoms with Crippen LogP contribution >= 0.6 is 12.4 Å². The van der Waals surface area contributed by atoms with Gasteiger partial charge in [-0.25, -0.2) is 0 Å². The summed E-state index contributed by atoms with van der Waals surface area (Å²) in [4.78, 5) is 36.8. The van der Waals surface area contributed by atoms with Gasteiger partial charge in [-0.2, -0.15) is 0 Å². The molecule has 2 rings (SSSR count). The van der Waals surface area contributed by atoms with Crippen LogP contribution in [0.15, 0.2) is 24.3 Å². The Labute approximate surface area is 158 Å². The van der Waals surface area contributed by atoms with Crippen molar-refractivity contribution in [2.24, 2.45) is 11.1 Å². The van der Waals surface area contributed by atoms with Crippen molar-refractivity contribution in [1.29, 1.82) is 0 Å². The Kier molecular flexibility index (Phi) is 7.11. The van der Waals surface area contributed by atoms with Gasteiger partial charge in [0.1, 0.15) is 6.04 Å². The zero-order valence-electron chi connectivity index (χ0n) is 15.1. The van der Waals surface area contributed by atoms with Crippen LogP contribution in [0, 0.1) is 15.5 Å². The Morgan fingerprint density at radius 2 is 2.08 bits per heavy atom.